The number of hydrogen-bond donors (Lipinski definition) is 2. The number of benzene rings is 1. The van der Waals surface area contributed by atoms with Gasteiger partial charge in [-0.25, -0.2) is 0 Å². The third-order valence-corrected chi connectivity index (χ3v) is 8.02. The molecule has 9 heteroatoms. The van der Waals surface area contributed by atoms with Gasteiger partial charge in [-0.15, -0.1) is 0 Å². The van der Waals surface area contributed by atoms with Gasteiger partial charge in [0.25, 0.3) is 0 Å². The summed E-state index contributed by atoms with van der Waals surface area (Å²) < 4.78 is -0.730. The Morgan fingerprint density at radius 1 is 0.684 bits per heavy atom. The highest BCUT2D eigenvalue weighted by Gasteiger charge is 2.35. The highest BCUT2D eigenvalue weighted by Crippen LogP contribution is 2.36. The number of pyridine rings is 1. The molecule has 1 heterocycles. The number of carbonyl (C=O) groups is 2. The fourth-order valence-corrected chi connectivity index (χ4v) is 5.37. The van der Waals surface area contributed by atoms with Crippen molar-refractivity contribution in [3.05, 3.63) is 63.3 Å². The molecule has 9 nitrogen and oxygen atoms in total. The van der Waals surface area contributed by atoms with Crippen molar-refractivity contribution in [3.8, 4) is 0 Å². The van der Waals surface area contributed by atoms with Gasteiger partial charge >= 0.3 is 0 Å². The molecular formula is C29H43N5O4. The lowest BCUT2D eigenvalue weighted by molar-refractivity contribution is -0.920. The zero-order valence-electron chi connectivity index (χ0n) is 24.0. The topological polar surface area (TPSA) is 117 Å². The Bertz CT molecular complexity index is 1070. The summed E-state index contributed by atoms with van der Waals surface area (Å²) >= 11 is 0. The summed E-state index contributed by atoms with van der Waals surface area (Å²) in [4.78, 5) is 31.3. The van der Waals surface area contributed by atoms with E-state index in [4.69, 9.17) is 0 Å². The van der Waals surface area contributed by atoms with Crippen LogP contribution in [0, 0.1) is 10.4 Å². The number of quaternary nitrogens is 2. The zero-order valence-corrected chi connectivity index (χ0v) is 24.0. The molecule has 1 aromatic heterocycles. The van der Waals surface area contributed by atoms with E-state index in [-0.39, 0.29) is 61.7 Å². The minimum absolute atomic E-state index is 0.108. The summed E-state index contributed by atoms with van der Waals surface area (Å²) in [6.45, 7) is 16.6. The van der Waals surface area contributed by atoms with Crippen molar-refractivity contribution in [1.82, 2.24) is 4.98 Å². The minimum atomic E-state index is -0.366. The van der Waals surface area contributed by atoms with E-state index in [0.29, 0.717) is 43.1 Å². The van der Waals surface area contributed by atoms with E-state index >= 15 is 0 Å². The van der Waals surface area contributed by atoms with Gasteiger partial charge in [0.05, 0.1) is 67.0 Å². The maximum atomic E-state index is 13.6. The summed E-state index contributed by atoms with van der Waals surface area (Å²) in [6, 6.07) is 4.66. The number of hydrogen-bond acceptors (Lipinski definition) is 7. The normalized spacial score (nSPS) is 13.9. The quantitative estimate of drug-likeness (QED) is 0.254. The molecule has 0 saturated heterocycles. The lowest BCUT2D eigenvalue weighted by atomic mass is 9.83. The van der Waals surface area contributed by atoms with Crippen LogP contribution in [-0.2, 0) is 0 Å². The number of ketones is 2. The van der Waals surface area contributed by atoms with E-state index in [0.717, 1.165) is 0 Å². The van der Waals surface area contributed by atoms with Crippen LogP contribution in [0.5, 0.6) is 0 Å². The summed E-state index contributed by atoms with van der Waals surface area (Å²) in [6.07, 6.45) is 2.93. The van der Waals surface area contributed by atoms with Gasteiger partial charge < -0.3 is 30.3 Å². The van der Waals surface area contributed by atoms with Gasteiger partial charge in [-0.2, -0.15) is 0 Å². The Labute approximate surface area is 226 Å². The molecule has 2 N–H and O–H groups in total. The number of rotatable bonds is 12. The molecular weight excluding hydrogens is 482 g/mol. The van der Waals surface area contributed by atoms with Crippen LogP contribution in [0.2, 0.25) is 0 Å². The number of nitrogens with one attached hydrogen (secondary N) is 2. The predicted octanol–water partition coefficient (Wildman–Crippen LogP) is 4.94. The first-order valence-corrected chi connectivity index (χ1v) is 13.6. The van der Waals surface area contributed by atoms with Crippen molar-refractivity contribution in [1.29, 1.82) is 0 Å². The third kappa shape index (κ3) is 5.47. The van der Waals surface area contributed by atoms with E-state index in [1.165, 1.54) is 12.4 Å². The highest BCUT2D eigenvalue weighted by atomic mass is 16.6. The fraction of sp³-hybridized carbons (Fsp3) is 0.552. The van der Waals surface area contributed by atoms with Gasteiger partial charge in [-0.3, -0.25) is 14.6 Å². The Balaban J connectivity index is 1.95. The van der Waals surface area contributed by atoms with E-state index in [1.54, 1.807) is 18.2 Å². The van der Waals surface area contributed by atoms with Gasteiger partial charge in [0.15, 0.2) is 11.6 Å². The summed E-state index contributed by atoms with van der Waals surface area (Å²) in [5.74, 6) is -0.556. The molecule has 0 saturated carbocycles. The molecule has 208 valence electrons. The van der Waals surface area contributed by atoms with Crippen LogP contribution >= 0.6 is 0 Å². The number of carbonyl (C=O) groups excluding carboxylic acids is 2. The molecule has 0 bridgehead atoms. The molecule has 1 aliphatic carbocycles. The first-order chi connectivity index (χ1) is 17.8. The van der Waals surface area contributed by atoms with E-state index in [2.05, 4.69) is 15.6 Å². The maximum Gasteiger partial charge on any atom is 0.198 e. The molecule has 0 radical (unpaired) electrons. The average molecular weight is 526 g/mol. The van der Waals surface area contributed by atoms with Crippen molar-refractivity contribution in [2.45, 2.75) is 79.6 Å². The van der Waals surface area contributed by atoms with Crippen LogP contribution in [-0.4, -0.2) is 76.2 Å². The molecule has 1 aliphatic rings. The molecule has 0 fully saturated rings. The van der Waals surface area contributed by atoms with E-state index in [1.807, 2.05) is 55.4 Å². The van der Waals surface area contributed by atoms with Gasteiger partial charge in [0.1, 0.15) is 0 Å². The molecule has 0 amide bonds. The Kier molecular flexibility index (Phi) is 8.98. The summed E-state index contributed by atoms with van der Waals surface area (Å²) in [7, 11) is 0. The monoisotopic (exact) mass is 525 g/mol. The largest absolute Gasteiger partial charge is 0.632 e. The first-order valence-electron chi connectivity index (χ1n) is 13.6. The van der Waals surface area contributed by atoms with Crippen molar-refractivity contribution >= 4 is 22.9 Å². The maximum absolute atomic E-state index is 13.6. The van der Waals surface area contributed by atoms with Crippen LogP contribution in [0.25, 0.3) is 0 Å². The zero-order chi connectivity index (χ0) is 28.4. The average Bonchev–Trinajstić information content (AvgIpc) is 2.86. The van der Waals surface area contributed by atoms with E-state index in [9.17, 15) is 20.0 Å². The molecule has 38 heavy (non-hydrogen) atoms. The lowest BCUT2D eigenvalue weighted by Gasteiger charge is -2.50. The van der Waals surface area contributed by atoms with Crippen molar-refractivity contribution in [2.24, 2.45) is 0 Å². The van der Waals surface area contributed by atoms with Crippen molar-refractivity contribution < 1.29 is 18.9 Å². The lowest BCUT2D eigenvalue weighted by Crippen LogP contribution is -2.55. The summed E-state index contributed by atoms with van der Waals surface area (Å²) in [5.41, 5.74) is 2.16. The molecule has 2 aromatic rings. The fourth-order valence-electron chi connectivity index (χ4n) is 5.37. The minimum Gasteiger partial charge on any atom is -0.632 e. The highest BCUT2D eigenvalue weighted by molar-refractivity contribution is 6.31. The summed E-state index contributed by atoms with van der Waals surface area (Å²) in [5, 5.41) is 33.2. The van der Waals surface area contributed by atoms with Crippen LogP contribution in [0.1, 0.15) is 87.2 Å². The van der Waals surface area contributed by atoms with Gasteiger partial charge in [-0.1, -0.05) is 0 Å². The predicted molar refractivity (Wildman–Crippen MR) is 152 cm³/mol. The van der Waals surface area contributed by atoms with Crippen LogP contribution in [0.15, 0.2) is 30.6 Å². The number of nitrogens with zero attached hydrogens (tertiary/aromatic N) is 3. The SMILES string of the molecule is CC(C)[N+]([O-])(CCNc1ccc(NCC[N+]([O-])(C(C)C)C(C)C)c2c1C(=O)c1ccncc1C2=O)C(C)C. The third-order valence-electron chi connectivity index (χ3n) is 8.02. The standard InChI is InChI=1S/C29H43N5O4/c1-18(2)33(37,19(3)4)15-13-31-24-9-10-25(32-14-16-34(38,20(5)6)21(7)8)27-26(24)28(35)22-11-12-30-17-23(22)29(27)36/h9-12,17-21,31-32H,13-16H2,1-8H3. The Morgan fingerprint density at radius 2 is 1.08 bits per heavy atom. The first kappa shape index (κ1) is 29.7. The van der Waals surface area contributed by atoms with Crippen LogP contribution in [0.4, 0.5) is 11.4 Å². The molecule has 0 aliphatic heterocycles. The van der Waals surface area contributed by atoms with Crippen molar-refractivity contribution in [2.75, 3.05) is 36.8 Å². The van der Waals surface area contributed by atoms with Crippen LogP contribution < -0.4 is 10.6 Å². The molecule has 3 rings (SSSR count). The Morgan fingerprint density at radius 3 is 1.47 bits per heavy atom. The molecule has 0 unspecified atom stereocenters. The molecule has 0 atom stereocenters. The second kappa shape index (κ2) is 11.5. The smallest absolute Gasteiger partial charge is 0.198 e. The number of aromatic nitrogens is 1. The second-order valence-corrected chi connectivity index (χ2v) is 11.4. The second-order valence-electron chi connectivity index (χ2n) is 11.4. The van der Waals surface area contributed by atoms with Crippen LogP contribution in [0.3, 0.4) is 0 Å². The van der Waals surface area contributed by atoms with Gasteiger partial charge in [0, 0.05) is 29.3 Å². The van der Waals surface area contributed by atoms with Crippen molar-refractivity contribution in [3.63, 3.8) is 0 Å². The van der Waals surface area contributed by atoms with Gasteiger partial charge in [-0.05, 0) is 73.6 Å². The van der Waals surface area contributed by atoms with Gasteiger partial charge in [0.2, 0.25) is 0 Å². The Hall–Kier alpha value is -2.85. The molecule has 0 spiro atoms. The number of anilines is 2. The number of fused-ring (bicyclic) bond motifs is 2. The number of hydroxylamine groups is 6. The molecule has 1 aromatic carbocycles. The van der Waals surface area contributed by atoms with E-state index < -0.39 is 0 Å².